The minimum Gasteiger partial charge on any atom is -0.323 e. The highest BCUT2D eigenvalue weighted by Gasteiger charge is 2.73. The van der Waals surface area contributed by atoms with E-state index in [1.807, 2.05) is 78.9 Å². The maximum atomic E-state index is 14.6. The molecule has 0 spiro atoms. The maximum absolute atomic E-state index is 14.6. The van der Waals surface area contributed by atoms with Crippen molar-refractivity contribution in [3.63, 3.8) is 0 Å². The molecule has 42 heavy (non-hydrogen) atoms. The third-order valence-electron chi connectivity index (χ3n) is 8.69. The molecule has 0 radical (unpaired) electrons. The molecule has 5 nitrogen and oxygen atoms in total. The van der Waals surface area contributed by atoms with Crippen molar-refractivity contribution in [1.29, 1.82) is 0 Å². The van der Waals surface area contributed by atoms with Gasteiger partial charge in [0.2, 0.25) is 17.7 Å². The minimum atomic E-state index is -1.33. The fourth-order valence-electron chi connectivity index (χ4n) is 6.94. The molecule has 1 saturated heterocycles. The van der Waals surface area contributed by atoms with Crippen LogP contribution >= 0.6 is 50.7 Å². The van der Waals surface area contributed by atoms with E-state index < -0.39 is 45.3 Å². The number of rotatable bonds is 5. The third kappa shape index (κ3) is 3.78. The van der Waals surface area contributed by atoms with Gasteiger partial charge < -0.3 is 5.32 Å². The van der Waals surface area contributed by atoms with E-state index in [2.05, 4.69) is 21.2 Å². The second-order valence-corrected chi connectivity index (χ2v) is 13.4. The van der Waals surface area contributed by atoms with Gasteiger partial charge in [0, 0.05) is 10.9 Å². The number of benzene rings is 4. The number of carbonyl (C=O) groups is 3. The van der Waals surface area contributed by atoms with Gasteiger partial charge in [0.15, 0.2) is 0 Å². The number of alkyl halides is 2. The average molecular weight is 681 g/mol. The average Bonchev–Trinajstić information content (AvgIpc) is 3.27. The van der Waals surface area contributed by atoms with Crippen LogP contribution in [0.25, 0.3) is 0 Å². The lowest BCUT2D eigenvalue weighted by molar-refractivity contribution is -0.146. The number of imide groups is 1. The summed E-state index contributed by atoms with van der Waals surface area (Å²) in [5, 5.41) is 3.16. The van der Waals surface area contributed by atoms with Gasteiger partial charge in [-0.25, -0.2) is 0 Å². The van der Waals surface area contributed by atoms with Crippen LogP contribution in [0.15, 0.2) is 102 Å². The summed E-state index contributed by atoms with van der Waals surface area (Å²) >= 11 is 24.9. The Morgan fingerprint density at radius 3 is 1.74 bits per heavy atom. The monoisotopic (exact) mass is 678 g/mol. The number of halogens is 4. The lowest BCUT2D eigenvalue weighted by atomic mass is 9.54. The number of hydrogen-bond acceptors (Lipinski definition) is 3. The van der Waals surface area contributed by atoms with Crippen molar-refractivity contribution in [3.8, 4) is 0 Å². The molecule has 3 atom stereocenters. The summed E-state index contributed by atoms with van der Waals surface area (Å²) in [6, 6.07) is 28.0. The highest BCUT2D eigenvalue weighted by atomic mass is 79.9. The largest absolute Gasteiger partial charge is 0.323 e. The maximum Gasteiger partial charge on any atom is 0.248 e. The molecule has 8 rings (SSSR count). The van der Waals surface area contributed by atoms with Crippen molar-refractivity contribution in [2.75, 3.05) is 5.32 Å². The minimum absolute atomic E-state index is 0.0994. The number of carbonyl (C=O) groups excluding carboxylic acids is 3. The van der Waals surface area contributed by atoms with Crippen LogP contribution in [0, 0.1) is 11.8 Å². The number of nitrogens with one attached hydrogen (secondary N) is 1. The molecule has 1 N–H and O–H groups in total. The van der Waals surface area contributed by atoms with E-state index in [4.69, 9.17) is 34.8 Å². The molecular formula is C33H22BrCl3N2O3. The predicted molar refractivity (Wildman–Crippen MR) is 167 cm³/mol. The van der Waals surface area contributed by atoms with Gasteiger partial charge in [-0.3, -0.25) is 19.3 Å². The Morgan fingerprint density at radius 1 is 0.786 bits per heavy atom. The molecule has 210 valence electrons. The van der Waals surface area contributed by atoms with Crippen molar-refractivity contribution in [1.82, 2.24) is 4.90 Å². The number of nitrogens with zero attached hydrogens (tertiary/aromatic N) is 1. The molecule has 0 aromatic heterocycles. The zero-order valence-electron chi connectivity index (χ0n) is 21.9. The first-order valence-corrected chi connectivity index (χ1v) is 15.3. The summed E-state index contributed by atoms with van der Waals surface area (Å²) < 4.78 is 0.745. The van der Waals surface area contributed by atoms with Crippen LogP contribution in [0.4, 0.5) is 5.69 Å². The molecule has 1 aliphatic heterocycles. The zero-order chi connectivity index (χ0) is 29.4. The van der Waals surface area contributed by atoms with Gasteiger partial charge in [-0.05, 0) is 46.0 Å². The van der Waals surface area contributed by atoms with Crippen LogP contribution < -0.4 is 5.32 Å². The molecule has 2 bridgehead atoms. The first-order valence-electron chi connectivity index (χ1n) is 13.4. The van der Waals surface area contributed by atoms with Crippen molar-refractivity contribution < 1.29 is 14.4 Å². The molecule has 4 aromatic rings. The van der Waals surface area contributed by atoms with Crippen molar-refractivity contribution in [2.24, 2.45) is 11.8 Å². The van der Waals surface area contributed by atoms with Crippen molar-refractivity contribution in [3.05, 3.63) is 134 Å². The Balaban J connectivity index is 1.36. The first kappa shape index (κ1) is 27.7. The van der Waals surface area contributed by atoms with E-state index in [1.165, 1.54) is 0 Å². The van der Waals surface area contributed by atoms with Crippen LogP contribution in [-0.4, -0.2) is 28.7 Å². The highest BCUT2D eigenvalue weighted by Crippen LogP contribution is 2.69. The quantitative estimate of drug-likeness (QED) is 0.179. The van der Waals surface area contributed by atoms with E-state index in [0.717, 1.165) is 14.9 Å². The smallest absolute Gasteiger partial charge is 0.248 e. The second kappa shape index (κ2) is 9.95. The molecule has 1 heterocycles. The summed E-state index contributed by atoms with van der Waals surface area (Å²) in [4.78, 5) is 41.6. The summed E-state index contributed by atoms with van der Waals surface area (Å²) in [6.45, 7) is 0. The molecular weight excluding hydrogens is 659 g/mol. The summed E-state index contributed by atoms with van der Waals surface area (Å²) in [5.74, 6) is -3.59. The van der Waals surface area contributed by atoms with Gasteiger partial charge in [-0.2, -0.15) is 0 Å². The van der Waals surface area contributed by atoms with Gasteiger partial charge >= 0.3 is 0 Å². The van der Waals surface area contributed by atoms with Gasteiger partial charge in [-0.1, -0.05) is 106 Å². The fraction of sp³-hybridized carbons (Fsp3) is 0.182. The molecule has 1 fully saturated rings. The SMILES string of the molecule is O=C(Nc1ccc(Br)cc1Cl)[C@@H](Cc1ccccc1)N1C(=O)[C@@H]2[C@H](C1=O)C1(Cl)c3ccccc3C2(Cl)c2ccccc21. The normalized spacial score (nSPS) is 26.0. The van der Waals surface area contributed by atoms with E-state index in [9.17, 15) is 14.4 Å². The lowest BCUT2D eigenvalue weighted by Gasteiger charge is -2.54. The van der Waals surface area contributed by atoms with E-state index >= 15 is 0 Å². The molecule has 9 heteroatoms. The molecule has 0 saturated carbocycles. The van der Waals surface area contributed by atoms with Crippen LogP contribution in [0.3, 0.4) is 0 Å². The van der Waals surface area contributed by atoms with E-state index in [-0.39, 0.29) is 6.42 Å². The third-order valence-corrected chi connectivity index (χ3v) is 10.8. The van der Waals surface area contributed by atoms with Crippen LogP contribution in [0.2, 0.25) is 5.02 Å². The van der Waals surface area contributed by atoms with Gasteiger partial charge in [0.05, 0.1) is 22.5 Å². The Kier molecular flexibility index (Phi) is 6.55. The van der Waals surface area contributed by atoms with Gasteiger partial charge in [-0.15, -0.1) is 23.2 Å². The Hall–Kier alpha value is -3.16. The van der Waals surface area contributed by atoms with Gasteiger partial charge in [0.1, 0.15) is 15.8 Å². The molecule has 4 aliphatic rings. The first-order chi connectivity index (χ1) is 20.2. The lowest BCUT2D eigenvalue weighted by Crippen LogP contribution is -2.57. The predicted octanol–water partition coefficient (Wildman–Crippen LogP) is 7.25. The summed E-state index contributed by atoms with van der Waals surface area (Å²) in [5.41, 5.74) is 3.96. The van der Waals surface area contributed by atoms with Gasteiger partial charge in [0.25, 0.3) is 0 Å². The number of anilines is 1. The van der Waals surface area contributed by atoms with Crippen LogP contribution in [-0.2, 0) is 30.6 Å². The Labute approximate surface area is 265 Å². The molecule has 0 unspecified atom stereocenters. The topological polar surface area (TPSA) is 66.5 Å². The Morgan fingerprint density at radius 2 is 1.26 bits per heavy atom. The molecule has 3 amide bonds. The van der Waals surface area contributed by atoms with Crippen molar-refractivity contribution >= 4 is 74.1 Å². The number of amides is 3. The van der Waals surface area contributed by atoms with Crippen molar-refractivity contribution in [2.45, 2.75) is 22.2 Å². The second-order valence-electron chi connectivity index (χ2n) is 10.8. The fourth-order valence-corrected chi connectivity index (χ4v) is 8.76. The summed E-state index contributed by atoms with van der Waals surface area (Å²) in [7, 11) is 0. The van der Waals surface area contributed by atoms with Crippen LogP contribution in [0.1, 0.15) is 27.8 Å². The van der Waals surface area contributed by atoms with E-state index in [1.54, 1.807) is 18.2 Å². The van der Waals surface area contributed by atoms with E-state index in [0.29, 0.717) is 33.0 Å². The zero-order valence-corrected chi connectivity index (χ0v) is 25.7. The summed E-state index contributed by atoms with van der Waals surface area (Å²) in [6.07, 6.45) is 0.0994. The highest BCUT2D eigenvalue weighted by molar-refractivity contribution is 9.10. The Bertz CT molecular complexity index is 1680. The molecule has 3 aliphatic carbocycles. The number of likely N-dealkylation sites (tertiary alicyclic amines) is 1. The molecule has 4 aromatic carbocycles. The van der Waals surface area contributed by atoms with Crippen LogP contribution in [0.5, 0.6) is 0 Å². The standard InChI is InChI=1S/C33H22BrCl3N2O3/c34-19-14-15-25(24(35)17-19)38-29(40)26(16-18-8-2-1-3-9-18)39-30(41)27-28(31(39)42)33(37)21-11-5-4-10-20(21)32(27,36)22-12-6-7-13-23(22)33/h1-15,17,26-28H,16H2,(H,38,40)/t26-,27-,28+,32?,33?/m1/s1. The number of hydrogen-bond donors (Lipinski definition) is 1.